The van der Waals surface area contributed by atoms with Crippen molar-refractivity contribution in [1.82, 2.24) is 9.78 Å². The molecule has 0 spiro atoms. The van der Waals surface area contributed by atoms with Gasteiger partial charge in [-0.3, -0.25) is 4.68 Å². The first-order valence-electron chi connectivity index (χ1n) is 6.65. The van der Waals surface area contributed by atoms with Crippen LogP contribution in [0.4, 0.5) is 4.39 Å². The van der Waals surface area contributed by atoms with Gasteiger partial charge in [-0.25, -0.2) is 4.39 Å². The first-order valence-corrected chi connectivity index (χ1v) is 6.65. The lowest BCUT2D eigenvalue weighted by molar-refractivity contribution is 0.187. The summed E-state index contributed by atoms with van der Waals surface area (Å²) in [6.07, 6.45) is 3.19. The maximum absolute atomic E-state index is 13.0. The lowest BCUT2D eigenvalue weighted by Gasteiger charge is -2.31. The lowest BCUT2D eigenvalue weighted by atomic mass is 9.77. The zero-order chi connectivity index (χ0) is 14.6. The third-order valence-corrected chi connectivity index (χ3v) is 3.93. The topological polar surface area (TPSA) is 64.1 Å². The van der Waals surface area contributed by atoms with Crippen LogP contribution in [-0.4, -0.2) is 28.0 Å². The number of aromatic nitrogens is 2. The first-order chi connectivity index (χ1) is 9.61. The molecule has 108 valence electrons. The molecule has 4 nitrogen and oxygen atoms in total. The van der Waals surface area contributed by atoms with E-state index in [1.54, 1.807) is 18.3 Å². The summed E-state index contributed by atoms with van der Waals surface area (Å²) >= 11 is 0. The fourth-order valence-corrected chi connectivity index (χ4v) is 2.42. The number of aliphatic hydroxyl groups excluding tert-OH is 1. The Morgan fingerprint density at radius 3 is 2.50 bits per heavy atom. The van der Waals surface area contributed by atoms with E-state index in [-0.39, 0.29) is 12.4 Å². The van der Waals surface area contributed by atoms with Gasteiger partial charge in [0.25, 0.3) is 0 Å². The standard InChI is InChI=1S/C15H20FN3O/c1-19-14(7-9-18-19)6-8-15(10-17,11-20)12-2-4-13(16)5-3-12/h2-5,7,9,20H,6,8,10-11,17H2,1H3. The number of aliphatic hydroxyl groups is 1. The van der Waals surface area contributed by atoms with Crippen LogP contribution in [0.5, 0.6) is 0 Å². The van der Waals surface area contributed by atoms with Crippen LogP contribution in [0, 0.1) is 5.82 Å². The molecule has 0 amide bonds. The molecule has 0 saturated heterocycles. The van der Waals surface area contributed by atoms with E-state index in [9.17, 15) is 9.50 Å². The molecule has 0 bridgehead atoms. The summed E-state index contributed by atoms with van der Waals surface area (Å²) in [6.45, 7) is 0.250. The minimum atomic E-state index is -0.544. The molecule has 0 fully saturated rings. The number of halogens is 1. The maximum Gasteiger partial charge on any atom is 0.123 e. The van der Waals surface area contributed by atoms with E-state index in [1.165, 1.54) is 12.1 Å². The Bertz CT molecular complexity index is 547. The predicted molar refractivity (Wildman–Crippen MR) is 75.7 cm³/mol. The highest BCUT2D eigenvalue weighted by atomic mass is 19.1. The van der Waals surface area contributed by atoms with Crippen molar-refractivity contribution < 1.29 is 9.50 Å². The average Bonchev–Trinajstić information content (AvgIpc) is 2.88. The monoisotopic (exact) mass is 277 g/mol. The van der Waals surface area contributed by atoms with Crippen LogP contribution in [0.2, 0.25) is 0 Å². The fraction of sp³-hybridized carbons (Fsp3) is 0.400. The Balaban J connectivity index is 2.21. The Morgan fingerprint density at radius 1 is 1.30 bits per heavy atom. The molecule has 3 N–H and O–H groups in total. The molecule has 2 aromatic rings. The molecule has 1 atom stereocenters. The molecule has 1 aromatic carbocycles. The largest absolute Gasteiger partial charge is 0.395 e. The van der Waals surface area contributed by atoms with Gasteiger partial charge in [-0.15, -0.1) is 0 Å². The number of hydrogen-bond acceptors (Lipinski definition) is 3. The third kappa shape index (κ3) is 2.89. The molecule has 2 rings (SSSR count). The summed E-state index contributed by atoms with van der Waals surface area (Å²) in [4.78, 5) is 0. The average molecular weight is 277 g/mol. The van der Waals surface area contributed by atoms with Crippen LogP contribution in [-0.2, 0) is 18.9 Å². The molecule has 0 aliphatic carbocycles. The van der Waals surface area contributed by atoms with Gasteiger partial charge in [0.1, 0.15) is 5.82 Å². The van der Waals surface area contributed by atoms with Crippen LogP contribution < -0.4 is 5.73 Å². The second kappa shape index (κ2) is 6.15. The molecule has 5 heteroatoms. The van der Waals surface area contributed by atoms with Gasteiger partial charge < -0.3 is 10.8 Å². The summed E-state index contributed by atoms with van der Waals surface area (Å²) in [5, 5.41) is 13.9. The second-order valence-corrected chi connectivity index (χ2v) is 5.10. The van der Waals surface area contributed by atoms with Gasteiger partial charge >= 0.3 is 0 Å². The van der Waals surface area contributed by atoms with E-state index in [1.807, 2.05) is 17.8 Å². The Kier molecular flexibility index (Phi) is 4.52. The molecule has 20 heavy (non-hydrogen) atoms. The summed E-state index contributed by atoms with van der Waals surface area (Å²) in [5.41, 5.74) is 7.29. The number of aryl methyl sites for hydroxylation is 2. The number of rotatable bonds is 6. The summed E-state index contributed by atoms with van der Waals surface area (Å²) in [7, 11) is 1.89. The Morgan fingerprint density at radius 2 is 2.00 bits per heavy atom. The zero-order valence-electron chi connectivity index (χ0n) is 11.6. The summed E-state index contributed by atoms with van der Waals surface area (Å²) in [6, 6.07) is 8.14. The first kappa shape index (κ1) is 14.7. The Labute approximate surface area is 118 Å². The summed E-state index contributed by atoms with van der Waals surface area (Å²) < 4.78 is 14.8. The van der Waals surface area contributed by atoms with E-state index in [4.69, 9.17) is 5.73 Å². The van der Waals surface area contributed by atoms with Crippen LogP contribution in [0.3, 0.4) is 0 Å². The fourth-order valence-electron chi connectivity index (χ4n) is 2.42. The van der Waals surface area contributed by atoms with Crippen molar-refractivity contribution in [2.24, 2.45) is 12.8 Å². The molecule has 0 radical (unpaired) electrons. The Hall–Kier alpha value is -1.72. The van der Waals surface area contributed by atoms with E-state index in [0.29, 0.717) is 13.0 Å². The van der Waals surface area contributed by atoms with Crippen molar-refractivity contribution in [3.8, 4) is 0 Å². The zero-order valence-corrected chi connectivity index (χ0v) is 11.6. The van der Waals surface area contributed by atoms with Crippen molar-refractivity contribution >= 4 is 0 Å². The SMILES string of the molecule is Cn1nccc1CCC(CN)(CO)c1ccc(F)cc1. The van der Waals surface area contributed by atoms with Crippen LogP contribution >= 0.6 is 0 Å². The van der Waals surface area contributed by atoms with E-state index in [2.05, 4.69) is 5.10 Å². The predicted octanol–water partition coefficient (Wildman–Crippen LogP) is 1.38. The summed E-state index contributed by atoms with van der Waals surface area (Å²) in [5.74, 6) is -0.288. The van der Waals surface area contributed by atoms with Crippen LogP contribution in [0.25, 0.3) is 0 Å². The van der Waals surface area contributed by atoms with Crippen molar-refractivity contribution in [2.75, 3.05) is 13.2 Å². The maximum atomic E-state index is 13.0. The van der Waals surface area contributed by atoms with Gasteiger partial charge in [0.05, 0.1) is 6.61 Å². The van der Waals surface area contributed by atoms with Crippen molar-refractivity contribution in [1.29, 1.82) is 0 Å². The highest BCUT2D eigenvalue weighted by Gasteiger charge is 2.30. The van der Waals surface area contributed by atoms with Gasteiger partial charge in [0.2, 0.25) is 0 Å². The van der Waals surface area contributed by atoms with Crippen LogP contribution in [0.15, 0.2) is 36.5 Å². The second-order valence-electron chi connectivity index (χ2n) is 5.10. The van der Waals surface area contributed by atoms with Crippen molar-refractivity contribution in [2.45, 2.75) is 18.3 Å². The third-order valence-electron chi connectivity index (χ3n) is 3.93. The number of benzene rings is 1. The number of nitrogens with zero attached hydrogens (tertiary/aromatic N) is 2. The molecule has 1 aromatic heterocycles. The minimum Gasteiger partial charge on any atom is -0.395 e. The van der Waals surface area contributed by atoms with E-state index in [0.717, 1.165) is 17.7 Å². The molecule has 1 unspecified atom stereocenters. The van der Waals surface area contributed by atoms with E-state index >= 15 is 0 Å². The van der Waals surface area contributed by atoms with Crippen molar-refractivity contribution in [3.63, 3.8) is 0 Å². The van der Waals surface area contributed by atoms with Gasteiger partial charge in [-0.05, 0) is 36.6 Å². The molecule has 0 aliphatic heterocycles. The van der Waals surface area contributed by atoms with Crippen LogP contribution in [0.1, 0.15) is 17.7 Å². The highest BCUT2D eigenvalue weighted by molar-refractivity contribution is 5.27. The molecule has 0 saturated carbocycles. The number of hydrogen-bond donors (Lipinski definition) is 2. The van der Waals surface area contributed by atoms with Gasteiger partial charge in [-0.1, -0.05) is 12.1 Å². The normalized spacial score (nSPS) is 14.2. The smallest absolute Gasteiger partial charge is 0.123 e. The molecular weight excluding hydrogens is 257 g/mol. The highest BCUT2D eigenvalue weighted by Crippen LogP contribution is 2.28. The van der Waals surface area contributed by atoms with E-state index < -0.39 is 5.41 Å². The molecular formula is C15H20FN3O. The quantitative estimate of drug-likeness (QED) is 0.838. The van der Waals surface area contributed by atoms with Gasteiger partial charge in [0.15, 0.2) is 0 Å². The lowest BCUT2D eigenvalue weighted by Crippen LogP contribution is -2.39. The van der Waals surface area contributed by atoms with Gasteiger partial charge in [-0.2, -0.15) is 5.10 Å². The minimum absolute atomic E-state index is 0.0625. The molecule has 1 heterocycles. The van der Waals surface area contributed by atoms with Crippen molar-refractivity contribution in [3.05, 3.63) is 53.6 Å². The van der Waals surface area contributed by atoms with Gasteiger partial charge in [0, 0.05) is 30.9 Å². The number of nitrogens with two attached hydrogens (primary N) is 1. The molecule has 0 aliphatic rings.